The average molecular weight is 416 g/mol. The molecule has 0 aliphatic carbocycles. The van der Waals surface area contributed by atoms with E-state index in [0.29, 0.717) is 0 Å². The summed E-state index contributed by atoms with van der Waals surface area (Å²) in [5, 5.41) is 9.93. The van der Waals surface area contributed by atoms with Crippen LogP contribution in [0.25, 0.3) is 0 Å². The van der Waals surface area contributed by atoms with Gasteiger partial charge >= 0.3 is 0 Å². The van der Waals surface area contributed by atoms with E-state index in [9.17, 15) is 5.11 Å². The molecule has 0 amide bonds. The predicted octanol–water partition coefficient (Wildman–Crippen LogP) is 5.08. The molecule has 4 heteroatoms. The molecule has 0 atom stereocenters. The van der Waals surface area contributed by atoms with E-state index in [1.54, 1.807) is 0 Å². The molecule has 2 aromatic carbocycles. The first-order chi connectivity index (χ1) is 10.0. The lowest BCUT2D eigenvalue weighted by Crippen LogP contribution is -2.21. The number of nitrogens with zero attached hydrogens (tertiary/aromatic N) is 1. The quantitative estimate of drug-likeness (QED) is 0.688. The lowest BCUT2D eigenvalue weighted by Gasteiger charge is -2.28. The second-order valence-electron chi connectivity index (χ2n) is 5.09. The Bertz CT molecular complexity index is 579. The minimum absolute atomic E-state index is 0.187. The molecule has 0 saturated heterocycles. The fourth-order valence-corrected chi connectivity index (χ4v) is 3.32. The van der Waals surface area contributed by atoms with Gasteiger partial charge < -0.3 is 10.0 Å². The van der Waals surface area contributed by atoms with Gasteiger partial charge in [-0.15, -0.1) is 0 Å². The standard InChI is InChI=1S/C17H19ClINO/c1-12-10-14(18)4-6-16(12)20(8-3-9-21)17-7-5-15(19)11-13(17)2/h4-7,10-11,21H,3,8-9H2,1-2H3. The molecular weight excluding hydrogens is 397 g/mol. The molecular formula is C17H19ClINO. The van der Waals surface area contributed by atoms with Gasteiger partial charge in [0.2, 0.25) is 0 Å². The number of hydrogen-bond acceptors (Lipinski definition) is 2. The molecule has 0 unspecified atom stereocenters. The van der Waals surface area contributed by atoms with E-state index in [4.69, 9.17) is 11.6 Å². The van der Waals surface area contributed by atoms with Crippen molar-refractivity contribution in [1.29, 1.82) is 0 Å². The first kappa shape index (κ1) is 16.6. The van der Waals surface area contributed by atoms with Crippen molar-refractivity contribution in [2.75, 3.05) is 18.1 Å². The highest BCUT2D eigenvalue weighted by molar-refractivity contribution is 14.1. The summed E-state index contributed by atoms with van der Waals surface area (Å²) in [5.74, 6) is 0. The number of rotatable bonds is 5. The van der Waals surface area contributed by atoms with Crippen LogP contribution in [0.3, 0.4) is 0 Å². The Kier molecular flexibility index (Phi) is 5.90. The summed E-state index contributed by atoms with van der Waals surface area (Å²) < 4.78 is 1.23. The predicted molar refractivity (Wildman–Crippen MR) is 98.8 cm³/mol. The van der Waals surface area contributed by atoms with Gasteiger partial charge in [-0.3, -0.25) is 0 Å². The zero-order valence-electron chi connectivity index (χ0n) is 12.2. The van der Waals surface area contributed by atoms with Crippen LogP contribution < -0.4 is 4.90 Å². The minimum atomic E-state index is 0.187. The molecule has 0 bridgehead atoms. The van der Waals surface area contributed by atoms with Crippen molar-refractivity contribution in [1.82, 2.24) is 0 Å². The Labute approximate surface area is 144 Å². The maximum Gasteiger partial charge on any atom is 0.0448 e. The van der Waals surface area contributed by atoms with Crippen molar-refractivity contribution < 1.29 is 5.11 Å². The average Bonchev–Trinajstić information content (AvgIpc) is 2.42. The van der Waals surface area contributed by atoms with Crippen LogP contribution in [0.2, 0.25) is 5.02 Å². The van der Waals surface area contributed by atoms with E-state index in [1.807, 2.05) is 18.2 Å². The molecule has 2 aromatic rings. The molecule has 0 fully saturated rings. The molecule has 112 valence electrons. The van der Waals surface area contributed by atoms with Gasteiger partial charge in [0.15, 0.2) is 0 Å². The zero-order chi connectivity index (χ0) is 15.4. The van der Waals surface area contributed by atoms with Crippen molar-refractivity contribution in [2.24, 2.45) is 0 Å². The Balaban J connectivity index is 2.46. The van der Waals surface area contributed by atoms with Gasteiger partial charge in [0.1, 0.15) is 0 Å². The van der Waals surface area contributed by atoms with E-state index in [0.717, 1.165) is 29.2 Å². The van der Waals surface area contributed by atoms with E-state index in [2.05, 4.69) is 59.5 Å². The molecule has 0 aliphatic rings. The second kappa shape index (κ2) is 7.47. The lowest BCUT2D eigenvalue weighted by molar-refractivity contribution is 0.291. The van der Waals surface area contributed by atoms with Crippen LogP contribution >= 0.6 is 34.2 Å². The normalized spacial score (nSPS) is 10.7. The van der Waals surface area contributed by atoms with Gasteiger partial charge in [-0.1, -0.05) is 11.6 Å². The molecule has 0 heterocycles. The largest absolute Gasteiger partial charge is 0.396 e. The number of aryl methyl sites for hydroxylation is 2. The number of hydrogen-bond donors (Lipinski definition) is 1. The summed E-state index contributed by atoms with van der Waals surface area (Å²) in [6, 6.07) is 12.4. The lowest BCUT2D eigenvalue weighted by atomic mass is 10.1. The maximum absolute atomic E-state index is 9.19. The zero-order valence-corrected chi connectivity index (χ0v) is 15.1. The van der Waals surface area contributed by atoms with Gasteiger partial charge in [0, 0.05) is 33.1 Å². The third kappa shape index (κ3) is 4.11. The minimum Gasteiger partial charge on any atom is -0.396 e. The Morgan fingerprint density at radius 2 is 1.67 bits per heavy atom. The molecule has 0 aromatic heterocycles. The van der Waals surface area contributed by atoms with Crippen LogP contribution in [0, 0.1) is 17.4 Å². The molecule has 21 heavy (non-hydrogen) atoms. The van der Waals surface area contributed by atoms with Gasteiger partial charge in [-0.2, -0.15) is 0 Å². The number of benzene rings is 2. The third-order valence-corrected chi connectivity index (χ3v) is 4.35. The fraction of sp³-hybridized carbons (Fsp3) is 0.294. The van der Waals surface area contributed by atoms with Crippen molar-refractivity contribution in [3.05, 3.63) is 56.1 Å². The summed E-state index contributed by atoms with van der Waals surface area (Å²) >= 11 is 8.39. The first-order valence-electron chi connectivity index (χ1n) is 6.93. The fourth-order valence-electron chi connectivity index (χ4n) is 2.44. The topological polar surface area (TPSA) is 23.5 Å². The Morgan fingerprint density at radius 3 is 2.24 bits per heavy atom. The first-order valence-corrected chi connectivity index (χ1v) is 8.39. The van der Waals surface area contributed by atoms with Crippen LogP contribution in [0.5, 0.6) is 0 Å². The smallest absolute Gasteiger partial charge is 0.0448 e. The van der Waals surface area contributed by atoms with E-state index in [1.165, 1.54) is 14.8 Å². The van der Waals surface area contributed by atoms with Crippen LogP contribution in [0.1, 0.15) is 17.5 Å². The molecule has 2 rings (SSSR count). The number of halogens is 2. The van der Waals surface area contributed by atoms with Crippen LogP contribution in [-0.4, -0.2) is 18.3 Å². The van der Waals surface area contributed by atoms with Crippen molar-refractivity contribution >= 4 is 45.6 Å². The molecule has 0 aliphatic heterocycles. The molecule has 0 spiro atoms. The highest BCUT2D eigenvalue weighted by atomic mass is 127. The SMILES string of the molecule is Cc1cc(Cl)ccc1N(CCCO)c1ccc(I)cc1C. The van der Waals surface area contributed by atoms with E-state index < -0.39 is 0 Å². The van der Waals surface area contributed by atoms with Gasteiger partial charge in [0.05, 0.1) is 0 Å². The number of aliphatic hydroxyl groups excluding tert-OH is 1. The monoisotopic (exact) mass is 415 g/mol. The summed E-state index contributed by atoms with van der Waals surface area (Å²) in [5.41, 5.74) is 4.68. The highest BCUT2D eigenvalue weighted by Crippen LogP contribution is 2.33. The summed E-state index contributed by atoms with van der Waals surface area (Å²) in [6.45, 7) is 5.15. The Morgan fingerprint density at radius 1 is 1.05 bits per heavy atom. The number of aliphatic hydroxyl groups is 1. The van der Waals surface area contributed by atoms with Gasteiger partial charge in [-0.05, 0) is 90.4 Å². The van der Waals surface area contributed by atoms with Gasteiger partial charge in [0.25, 0.3) is 0 Å². The molecule has 0 radical (unpaired) electrons. The van der Waals surface area contributed by atoms with Crippen LogP contribution in [0.4, 0.5) is 11.4 Å². The summed E-state index contributed by atoms with van der Waals surface area (Å²) in [4.78, 5) is 2.26. The molecule has 0 saturated carbocycles. The van der Waals surface area contributed by atoms with E-state index >= 15 is 0 Å². The number of anilines is 2. The third-order valence-electron chi connectivity index (χ3n) is 3.44. The molecule has 2 nitrogen and oxygen atoms in total. The van der Waals surface area contributed by atoms with Crippen LogP contribution in [0.15, 0.2) is 36.4 Å². The summed E-state index contributed by atoms with van der Waals surface area (Å²) in [6.07, 6.45) is 0.730. The van der Waals surface area contributed by atoms with E-state index in [-0.39, 0.29) is 6.61 Å². The summed E-state index contributed by atoms with van der Waals surface area (Å²) in [7, 11) is 0. The molecule has 1 N–H and O–H groups in total. The second-order valence-corrected chi connectivity index (χ2v) is 6.77. The Hall–Kier alpha value is -0.780. The highest BCUT2D eigenvalue weighted by Gasteiger charge is 2.14. The van der Waals surface area contributed by atoms with Crippen molar-refractivity contribution in [2.45, 2.75) is 20.3 Å². The maximum atomic E-state index is 9.19. The van der Waals surface area contributed by atoms with Crippen molar-refractivity contribution in [3.8, 4) is 0 Å². The van der Waals surface area contributed by atoms with Crippen LogP contribution in [-0.2, 0) is 0 Å². The van der Waals surface area contributed by atoms with Gasteiger partial charge in [-0.25, -0.2) is 0 Å². The van der Waals surface area contributed by atoms with Crippen molar-refractivity contribution in [3.63, 3.8) is 0 Å².